The average Bonchev–Trinajstić information content (AvgIpc) is 2.23. The van der Waals surface area contributed by atoms with Crippen LogP contribution in [0.15, 0.2) is 0 Å². The first-order valence-corrected chi connectivity index (χ1v) is 5.74. The van der Waals surface area contributed by atoms with Gasteiger partial charge in [0.1, 0.15) is 0 Å². The molecule has 0 rings (SSSR count). The predicted octanol–water partition coefficient (Wildman–Crippen LogP) is 1.75. The van der Waals surface area contributed by atoms with E-state index in [0.717, 1.165) is 12.8 Å². The summed E-state index contributed by atoms with van der Waals surface area (Å²) in [5, 5.41) is 10.3. The lowest BCUT2D eigenvalue weighted by atomic mass is 9.82. The number of aliphatic hydroxyl groups excluding tert-OH is 1. The van der Waals surface area contributed by atoms with Crippen LogP contribution in [0.1, 0.15) is 33.6 Å². The van der Waals surface area contributed by atoms with Gasteiger partial charge in [0, 0.05) is 19.3 Å². The fourth-order valence-corrected chi connectivity index (χ4v) is 1.86. The SMILES string of the molecule is CCC(C)(C(O)C(C)CCOC)N(C)C. The van der Waals surface area contributed by atoms with E-state index in [1.807, 2.05) is 14.1 Å². The molecule has 0 spiro atoms. The van der Waals surface area contributed by atoms with E-state index in [-0.39, 0.29) is 17.6 Å². The molecule has 3 heteroatoms. The first kappa shape index (κ1) is 14.9. The van der Waals surface area contributed by atoms with Crippen molar-refractivity contribution in [3.05, 3.63) is 0 Å². The molecule has 92 valence electrons. The molecule has 0 amide bonds. The van der Waals surface area contributed by atoms with E-state index in [9.17, 15) is 5.11 Å². The van der Waals surface area contributed by atoms with E-state index < -0.39 is 0 Å². The molecule has 0 aromatic heterocycles. The third kappa shape index (κ3) is 3.74. The zero-order valence-electron chi connectivity index (χ0n) is 11.1. The first-order chi connectivity index (χ1) is 6.90. The summed E-state index contributed by atoms with van der Waals surface area (Å²) in [6.45, 7) is 7.03. The molecule has 0 aromatic carbocycles. The van der Waals surface area contributed by atoms with Gasteiger partial charge >= 0.3 is 0 Å². The lowest BCUT2D eigenvalue weighted by Crippen LogP contribution is -2.53. The number of nitrogens with zero attached hydrogens (tertiary/aromatic N) is 1. The van der Waals surface area contributed by atoms with E-state index in [1.54, 1.807) is 7.11 Å². The van der Waals surface area contributed by atoms with Gasteiger partial charge in [-0.3, -0.25) is 0 Å². The van der Waals surface area contributed by atoms with Crippen LogP contribution in [-0.4, -0.2) is 49.5 Å². The minimum absolute atomic E-state index is 0.146. The van der Waals surface area contributed by atoms with Gasteiger partial charge in [0.15, 0.2) is 0 Å². The van der Waals surface area contributed by atoms with E-state index in [1.165, 1.54) is 0 Å². The molecule has 0 radical (unpaired) electrons. The Morgan fingerprint density at radius 1 is 1.40 bits per heavy atom. The third-order valence-corrected chi connectivity index (χ3v) is 3.69. The Morgan fingerprint density at radius 3 is 2.27 bits per heavy atom. The minimum Gasteiger partial charge on any atom is -0.391 e. The maximum absolute atomic E-state index is 10.3. The van der Waals surface area contributed by atoms with E-state index in [4.69, 9.17) is 4.74 Å². The Bertz CT molecular complexity index is 173. The molecule has 15 heavy (non-hydrogen) atoms. The topological polar surface area (TPSA) is 32.7 Å². The summed E-state index contributed by atoms with van der Waals surface area (Å²) < 4.78 is 5.04. The molecular weight excluding hydrogens is 190 g/mol. The molecule has 0 fully saturated rings. The molecule has 0 aliphatic heterocycles. The molecule has 1 N–H and O–H groups in total. The molecule has 0 aromatic rings. The fraction of sp³-hybridized carbons (Fsp3) is 1.00. The second kappa shape index (κ2) is 6.46. The highest BCUT2D eigenvalue weighted by Crippen LogP contribution is 2.27. The number of methoxy groups -OCH3 is 1. The van der Waals surface area contributed by atoms with Crippen LogP contribution in [0.2, 0.25) is 0 Å². The molecule has 3 nitrogen and oxygen atoms in total. The van der Waals surface area contributed by atoms with Crippen LogP contribution in [0, 0.1) is 5.92 Å². The standard InChI is InChI=1S/C12H27NO2/c1-7-12(3,13(4)5)11(14)10(2)8-9-15-6/h10-11,14H,7-9H2,1-6H3. The summed E-state index contributed by atoms with van der Waals surface area (Å²) in [6, 6.07) is 0. The monoisotopic (exact) mass is 217 g/mol. The molecule has 3 atom stereocenters. The van der Waals surface area contributed by atoms with Gasteiger partial charge in [-0.25, -0.2) is 0 Å². The van der Waals surface area contributed by atoms with E-state index in [2.05, 4.69) is 25.7 Å². The average molecular weight is 217 g/mol. The number of ether oxygens (including phenoxy) is 1. The Labute approximate surface area is 94.4 Å². The van der Waals surface area contributed by atoms with Crippen LogP contribution in [0.25, 0.3) is 0 Å². The van der Waals surface area contributed by atoms with Crippen molar-refractivity contribution in [1.29, 1.82) is 0 Å². The quantitative estimate of drug-likeness (QED) is 0.705. The van der Waals surface area contributed by atoms with E-state index >= 15 is 0 Å². The lowest BCUT2D eigenvalue weighted by molar-refractivity contribution is -0.0358. The van der Waals surface area contributed by atoms with Gasteiger partial charge in [-0.15, -0.1) is 0 Å². The molecule has 0 bridgehead atoms. The Hall–Kier alpha value is -0.120. The number of hydrogen-bond donors (Lipinski definition) is 1. The largest absolute Gasteiger partial charge is 0.391 e. The zero-order chi connectivity index (χ0) is 12.1. The van der Waals surface area contributed by atoms with Gasteiger partial charge in [-0.2, -0.15) is 0 Å². The molecule has 3 unspecified atom stereocenters. The normalized spacial score (nSPS) is 20.0. The molecule has 0 aliphatic carbocycles. The molecule has 0 saturated heterocycles. The van der Waals surface area contributed by atoms with Crippen LogP contribution < -0.4 is 0 Å². The van der Waals surface area contributed by atoms with Crippen molar-refractivity contribution in [2.45, 2.75) is 45.3 Å². The van der Waals surface area contributed by atoms with Crippen LogP contribution in [-0.2, 0) is 4.74 Å². The van der Waals surface area contributed by atoms with Crippen LogP contribution in [0.3, 0.4) is 0 Å². The fourth-order valence-electron chi connectivity index (χ4n) is 1.86. The summed E-state index contributed by atoms with van der Waals surface area (Å²) in [7, 11) is 5.75. The van der Waals surface area contributed by atoms with Gasteiger partial charge in [-0.1, -0.05) is 13.8 Å². The highest BCUT2D eigenvalue weighted by Gasteiger charge is 2.36. The number of likely N-dealkylation sites (N-methyl/N-ethyl adjacent to an activating group) is 1. The molecule has 0 saturated carbocycles. The Balaban J connectivity index is 4.43. The van der Waals surface area contributed by atoms with Gasteiger partial charge in [0.25, 0.3) is 0 Å². The summed E-state index contributed by atoms with van der Waals surface area (Å²) in [5.41, 5.74) is -0.146. The van der Waals surface area contributed by atoms with Crippen molar-refractivity contribution < 1.29 is 9.84 Å². The Kier molecular flexibility index (Phi) is 6.41. The van der Waals surface area contributed by atoms with Crippen LogP contribution in [0.4, 0.5) is 0 Å². The van der Waals surface area contributed by atoms with Crippen LogP contribution >= 0.6 is 0 Å². The van der Waals surface area contributed by atoms with Crippen molar-refractivity contribution in [3.63, 3.8) is 0 Å². The summed E-state index contributed by atoms with van der Waals surface area (Å²) in [6.07, 6.45) is 1.53. The summed E-state index contributed by atoms with van der Waals surface area (Å²) in [4.78, 5) is 2.11. The van der Waals surface area contributed by atoms with Crippen molar-refractivity contribution in [2.24, 2.45) is 5.92 Å². The van der Waals surface area contributed by atoms with Crippen molar-refractivity contribution in [2.75, 3.05) is 27.8 Å². The predicted molar refractivity (Wildman–Crippen MR) is 64.0 cm³/mol. The number of hydrogen-bond acceptors (Lipinski definition) is 3. The highest BCUT2D eigenvalue weighted by atomic mass is 16.5. The Morgan fingerprint density at radius 2 is 1.93 bits per heavy atom. The van der Waals surface area contributed by atoms with Gasteiger partial charge in [0.05, 0.1) is 6.10 Å². The zero-order valence-corrected chi connectivity index (χ0v) is 11.1. The minimum atomic E-state index is -0.312. The van der Waals surface area contributed by atoms with Gasteiger partial charge < -0.3 is 14.7 Å². The second-order valence-electron chi connectivity index (χ2n) is 4.81. The molecular formula is C12H27NO2. The van der Waals surface area contributed by atoms with Gasteiger partial charge in [0.2, 0.25) is 0 Å². The molecule has 0 heterocycles. The van der Waals surface area contributed by atoms with Crippen molar-refractivity contribution >= 4 is 0 Å². The molecule has 0 aliphatic rings. The third-order valence-electron chi connectivity index (χ3n) is 3.69. The smallest absolute Gasteiger partial charge is 0.0747 e. The summed E-state index contributed by atoms with van der Waals surface area (Å²) in [5.74, 6) is 0.261. The summed E-state index contributed by atoms with van der Waals surface area (Å²) >= 11 is 0. The van der Waals surface area contributed by atoms with Crippen molar-refractivity contribution in [3.8, 4) is 0 Å². The lowest BCUT2D eigenvalue weighted by Gasteiger charge is -2.42. The van der Waals surface area contributed by atoms with E-state index in [0.29, 0.717) is 6.61 Å². The second-order valence-corrected chi connectivity index (χ2v) is 4.81. The van der Waals surface area contributed by atoms with Crippen LogP contribution in [0.5, 0.6) is 0 Å². The highest BCUT2D eigenvalue weighted by molar-refractivity contribution is 4.91. The number of rotatable bonds is 7. The maximum Gasteiger partial charge on any atom is 0.0747 e. The number of aliphatic hydroxyl groups is 1. The first-order valence-electron chi connectivity index (χ1n) is 5.74. The maximum atomic E-state index is 10.3. The van der Waals surface area contributed by atoms with Crippen molar-refractivity contribution in [1.82, 2.24) is 4.90 Å². The van der Waals surface area contributed by atoms with Gasteiger partial charge in [-0.05, 0) is 39.8 Å².